The van der Waals surface area contributed by atoms with Crippen molar-refractivity contribution in [2.24, 2.45) is 0 Å². The van der Waals surface area contributed by atoms with Crippen LogP contribution < -0.4 is 10.6 Å². The number of alkyl halides is 3. The van der Waals surface area contributed by atoms with Crippen LogP contribution in [-0.2, 0) is 10.4 Å². The van der Waals surface area contributed by atoms with Gasteiger partial charge in [-0.15, -0.1) is 11.3 Å². The lowest BCUT2D eigenvalue weighted by atomic mass is 10.2. The predicted octanol–water partition coefficient (Wildman–Crippen LogP) is 6.26. The molecule has 0 bridgehead atoms. The van der Waals surface area contributed by atoms with E-state index in [2.05, 4.69) is 49.3 Å². The van der Waals surface area contributed by atoms with Gasteiger partial charge in [-0.05, 0) is 64.4 Å². The van der Waals surface area contributed by atoms with Crippen LogP contribution in [0.2, 0.25) is 5.02 Å². The Kier molecular flexibility index (Phi) is 12.1. The van der Waals surface area contributed by atoms with Crippen LogP contribution in [0.4, 0.5) is 14.6 Å². The van der Waals surface area contributed by atoms with Gasteiger partial charge in [0.2, 0.25) is 0 Å². The number of carbonyl (C=O) groups excluding carboxylic acids is 2. The standard InChI is InChI=1S/C26H31ClF2IN7O2S/c1-4-8-37(9-5-2)10-6-7-17-11-20(34-15-33-17)23(38)35-16(3)25-32-14-21(40-25)24(39)36-22-12-18(26(28,29)30)19(27)13-31-22/h11-16H,4-10H2,1-3H3,(H,35,38)(H,31,36,39). The highest BCUT2D eigenvalue weighted by Crippen LogP contribution is 2.39. The Bertz CT molecular complexity index is 1300. The summed E-state index contributed by atoms with van der Waals surface area (Å²) in [7, 11) is 0. The molecule has 1 unspecified atom stereocenters. The van der Waals surface area contributed by atoms with E-state index in [1.165, 1.54) is 12.5 Å². The van der Waals surface area contributed by atoms with Gasteiger partial charge in [0.25, 0.3) is 11.8 Å². The monoisotopic (exact) mass is 705 g/mol. The maximum Gasteiger partial charge on any atom is 0.323 e. The molecule has 0 spiro atoms. The molecule has 3 rings (SSSR count). The summed E-state index contributed by atoms with van der Waals surface area (Å²) in [5.74, 6) is -1.02. The van der Waals surface area contributed by atoms with Crippen LogP contribution in [0.15, 0.2) is 30.9 Å². The molecular formula is C26H31ClF2IN7O2S. The third kappa shape index (κ3) is 9.35. The number of thiazole rings is 1. The quantitative estimate of drug-likeness (QED) is 0.150. The number of nitrogens with zero attached hydrogens (tertiary/aromatic N) is 5. The number of aromatic nitrogens is 4. The van der Waals surface area contributed by atoms with Crippen LogP contribution in [0, 0.1) is 0 Å². The Morgan fingerprint density at radius 1 is 1.07 bits per heavy atom. The molecule has 1 atom stereocenters. The fourth-order valence-electron chi connectivity index (χ4n) is 3.94. The molecule has 0 aliphatic heterocycles. The van der Waals surface area contributed by atoms with Crippen molar-refractivity contribution in [1.29, 1.82) is 0 Å². The van der Waals surface area contributed by atoms with Crippen LogP contribution in [0.3, 0.4) is 0 Å². The number of hydrogen-bond donors (Lipinski definition) is 2. The molecule has 216 valence electrons. The van der Waals surface area contributed by atoms with E-state index in [0.29, 0.717) is 5.01 Å². The number of pyridine rings is 1. The number of amides is 2. The second kappa shape index (κ2) is 15.0. The van der Waals surface area contributed by atoms with Gasteiger partial charge < -0.3 is 15.5 Å². The molecule has 0 radical (unpaired) electrons. The first-order valence-electron chi connectivity index (χ1n) is 12.9. The van der Waals surface area contributed by atoms with Gasteiger partial charge in [0, 0.05) is 34.5 Å². The summed E-state index contributed by atoms with van der Waals surface area (Å²) >= 11 is 7.83. The van der Waals surface area contributed by atoms with Crippen molar-refractivity contribution in [2.45, 2.75) is 56.4 Å². The Hall–Kier alpha value is -2.36. The second-order valence-corrected chi connectivity index (χ2v) is 11.9. The molecule has 0 saturated carbocycles. The van der Waals surface area contributed by atoms with Crippen molar-refractivity contribution in [2.75, 3.05) is 25.0 Å². The molecule has 14 heteroatoms. The van der Waals surface area contributed by atoms with Gasteiger partial charge in [-0.2, -0.15) is 8.78 Å². The molecule has 0 aliphatic rings. The summed E-state index contributed by atoms with van der Waals surface area (Å²) in [6, 6.07) is 2.21. The van der Waals surface area contributed by atoms with Crippen molar-refractivity contribution in [3.05, 3.63) is 62.7 Å². The first-order chi connectivity index (χ1) is 19.0. The molecule has 3 aromatic heterocycles. The Balaban J connectivity index is 1.58. The zero-order chi connectivity index (χ0) is 29.3. The number of hydrogen-bond acceptors (Lipinski definition) is 8. The highest BCUT2D eigenvalue weighted by Gasteiger charge is 2.30. The lowest BCUT2D eigenvalue weighted by Gasteiger charge is -2.20. The molecule has 3 heterocycles. The minimum Gasteiger partial charge on any atom is -0.342 e. The largest absolute Gasteiger partial charge is 0.342 e. The maximum absolute atomic E-state index is 13.7. The molecule has 0 aromatic carbocycles. The van der Waals surface area contributed by atoms with Gasteiger partial charge in [-0.3, -0.25) is 9.59 Å². The van der Waals surface area contributed by atoms with Crippen molar-refractivity contribution >= 4 is 63.2 Å². The van der Waals surface area contributed by atoms with Gasteiger partial charge in [0.15, 0.2) is 0 Å². The van der Waals surface area contributed by atoms with Crippen LogP contribution in [0.5, 0.6) is 0 Å². The number of nitrogens with one attached hydrogen (secondary N) is 2. The van der Waals surface area contributed by atoms with E-state index in [1.54, 1.807) is 13.0 Å². The van der Waals surface area contributed by atoms with Crippen molar-refractivity contribution in [3.8, 4) is 0 Å². The maximum atomic E-state index is 13.7. The normalized spacial score (nSPS) is 12.4. The topological polar surface area (TPSA) is 113 Å². The van der Waals surface area contributed by atoms with Crippen LogP contribution in [0.25, 0.3) is 0 Å². The SMILES string of the molecule is CCCN(CCC)CCCc1cc(C(=O)NC(C)c2ncc(C(=O)Nc3cc(C(F)(F)I)c(Cl)cn3)s2)ncn1. The smallest absolute Gasteiger partial charge is 0.323 e. The summed E-state index contributed by atoms with van der Waals surface area (Å²) in [4.78, 5) is 44.8. The summed E-state index contributed by atoms with van der Waals surface area (Å²) < 4.78 is 24.3. The molecule has 9 nitrogen and oxygen atoms in total. The lowest BCUT2D eigenvalue weighted by molar-refractivity contribution is 0.0933. The summed E-state index contributed by atoms with van der Waals surface area (Å²) in [5.41, 5.74) is 0.597. The summed E-state index contributed by atoms with van der Waals surface area (Å²) in [5, 5.41) is 5.61. The van der Waals surface area contributed by atoms with E-state index in [-0.39, 0.29) is 27.3 Å². The average molecular weight is 706 g/mol. The van der Waals surface area contributed by atoms with Gasteiger partial charge in [0.1, 0.15) is 27.7 Å². The zero-order valence-electron chi connectivity index (χ0n) is 22.4. The highest BCUT2D eigenvalue weighted by molar-refractivity contribution is 14.1. The minimum absolute atomic E-state index is 0.0694. The van der Waals surface area contributed by atoms with Gasteiger partial charge in [-0.1, -0.05) is 25.4 Å². The molecule has 0 saturated heterocycles. The third-order valence-corrected chi connectivity index (χ3v) is 7.87. The molecule has 2 N–H and O–H groups in total. The number of halogens is 4. The first-order valence-corrected chi connectivity index (χ1v) is 15.1. The van der Waals surface area contributed by atoms with Crippen LogP contribution >= 0.6 is 45.5 Å². The molecular weight excluding hydrogens is 675 g/mol. The van der Waals surface area contributed by atoms with E-state index < -0.39 is 21.4 Å². The molecule has 0 aliphatic carbocycles. The van der Waals surface area contributed by atoms with Crippen LogP contribution in [0.1, 0.15) is 82.5 Å². The van der Waals surface area contributed by atoms with E-state index in [4.69, 9.17) is 11.6 Å². The van der Waals surface area contributed by atoms with Crippen molar-refractivity contribution in [1.82, 2.24) is 30.2 Å². The Morgan fingerprint density at radius 2 is 1.80 bits per heavy atom. The van der Waals surface area contributed by atoms with Crippen molar-refractivity contribution < 1.29 is 18.4 Å². The average Bonchev–Trinajstić information content (AvgIpc) is 3.40. The van der Waals surface area contributed by atoms with E-state index in [0.717, 1.165) is 97.2 Å². The minimum atomic E-state index is -3.22. The number of anilines is 1. The van der Waals surface area contributed by atoms with Crippen LogP contribution in [-0.4, -0.2) is 56.3 Å². The molecule has 2 amide bonds. The Morgan fingerprint density at radius 3 is 2.48 bits per heavy atom. The van der Waals surface area contributed by atoms with Gasteiger partial charge in [0.05, 0.1) is 22.8 Å². The Labute approximate surface area is 254 Å². The summed E-state index contributed by atoms with van der Waals surface area (Å²) in [6.45, 7) is 9.20. The number of aryl methyl sites for hydroxylation is 1. The molecule has 3 aromatic rings. The summed E-state index contributed by atoms with van der Waals surface area (Å²) in [6.07, 6.45) is 7.70. The van der Waals surface area contributed by atoms with Gasteiger partial charge >= 0.3 is 3.93 Å². The van der Waals surface area contributed by atoms with Gasteiger partial charge in [-0.25, -0.2) is 19.9 Å². The van der Waals surface area contributed by atoms with E-state index in [9.17, 15) is 18.4 Å². The first kappa shape index (κ1) is 32.2. The third-order valence-electron chi connectivity index (χ3n) is 5.81. The predicted molar refractivity (Wildman–Crippen MR) is 160 cm³/mol. The second-order valence-electron chi connectivity index (χ2n) is 9.10. The lowest BCUT2D eigenvalue weighted by Crippen LogP contribution is -2.28. The number of carbonyl (C=O) groups is 2. The highest BCUT2D eigenvalue weighted by atomic mass is 127. The fraction of sp³-hybridized carbons (Fsp3) is 0.462. The van der Waals surface area contributed by atoms with Crippen molar-refractivity contribution in [3.63, 3.8) is 0 Å². The molecule has 0 fully saturated rings. The molecule has 40 heavy (non-hydrogen) atoms. The fourth-order valence-corrected chi connectivity index (χ4v) is 5.58. The number of rotatable bonds is 14. The zero-order valence-corrected chi connectivity index (χ0v) is 26.1. The van der Waals surface area contributed by atoms with E-state index >= 15 is 0 Å². The van der Waals surface area contributed by atoms with E-state index in [1.807, 2.05) is 0 Å².